The molecule has 0 fully saturated rings. The van der Waals surface area contributed by atoms with Gasteiger partial charge in [-0.15, -0.1) is 5.10 Å². The molecule has 0 aliphatic carbocycles. The van der Waals surface area contributed by atoms with Gasteiger partial charge in [-0.1, -0.05) is 5.21 Å². The number of carbonyl (C=O) groups excluding carboxylic acids is 1. The quantitative estimate of drug-likeness (QED) is 0.689. The maximum absolute atomic E-state index is 12.8. The standard InChI is InChI=1S/C17H19FN6O2/c1-12-7-14(21-23(12)2)8-19-17(25)10-24-9-15(20-22-24)11-26-16-5-3-13(18)4-6-16/h3-7,9H,8,10-11H2,1-2H3,(H,19,25). The fourth-order valence-corrected chi connectivity index (χ4v) is 2.28. The fraction of sp³-hybridized carbons (Fsp3) is 0.294. The van der Waals surface area contributed by atoms with E-state index in [-0.39, 0.29) is 24.9 Å². The third kappa shape index (κ3) is 4.65. The van der Waals surface area contributed by atoms with Crippen molar-refractivity contribution in [1.29, 1.82) is 0 Å². The number of ether oxygens (including phenoxy) is 1. The molecule has 0 atom stereocenters. The Morgan fingerprint density at radius 2 is 2.04 bits per heavy atom. The molecule has 26 heavy (non-hydrogen) atoms. The molecule has 0 saturated heterocycles. The molecule has 3 aromatic rings. The number of hydrogen-bond donors (Lipinski definition) is 1. The number of nitrogens with one attached hydrogen (secondary N) is 1. The molecule has 0 aliphatic rings. The van der Waals surface area contributed by atoms with Crippen molar-refractivity contribution in [2.24, 2.45) is 7.05 Å². The molecule has 136 valence electrons. The molecule has 0 aliphatic heterocycles. The van der Waals surface area contributed by atoms with Gasteiger partial charge in [-0.05, 0) is 37.3 Å². The van der Waals surface area contributed by atoms with E-state index in [0.717, 1.165) is 11.4 Å². The highest BCUT2D eigenvalue weighted by Gasteiger charge is 2.08. The van der Waals surface area contributed by atoms with Crippen LogP contribution >= 0.6 is 0 Å². The molecule has 9 heteroatoms. The summed E-state index contributed by atoms with van der Waals surface area (Å²) in [7, 11) is 1.85. The Bertz CT molecular complexity index is 868. The number of halogens is 1. The molecule has 0 bridgehead atoms. The zero-order valence-corrected chi connectivity index (χ0v) is 14.5. The molecule has 0 unspecified atom stereocenters. The first-order valence-electron chi connectivity index (χ1n) is 8.03. The van der Waals surface area contributed by atoms with Crippen LogP contribution in [0.15, 0.2) is 36.5 Å². The lowest BCUT2D eigenvalue weighted by atomic mass is 10.3. The van der Waals surface area contributed by atoms with Crippen LogP contribution in [0.25, 0.3) is 0 Å². The Morgan fingerprint density at radius 1 is 1.27 bits per heavy atom. The van der Waals surface area contributed by atoms with E-state index in [0.29, 0.717) is 18.0 Å². The topological polar surface area (TPSA) is 86.9 Å². The van der Waals surface area contributed by atoms with Crippen LogP contribution < -0.4 is 10.1 Å². The smallest absolute Gasteiger partial charge is 0.242 e. The molecular formula is C17H19FN6O2. The van der Waals surface area contributed by atoms with Crippen molar-refractivity contribution in [3.8, 4) is 5.75 Å². The van der Waals surface area contributed by atoms with Gasteiger partial charge >= 0.3 is 0 Å². The molecule has 1 aromatic carbocycles. The summed E-state index contributed by atoms with van der Waals surface area (Å²) in [5.74, 6) is 0.0173. The highest BCUT2D eigenvalue weighted by molar-refractivity contribution is 5.75. The molecule has 2 aromatic heterocycles. The van der Waals surface area contributed by atoms with E-state index < -0.39 is 0 Å². The van der Waals surface area contributed by atoms with Crippen LogP contribution in [-0.4, -0.2) is 30.7 Å². The summed E-state index contributed by atoms with van der Waals surface area (Å²) in [6.45, 7) is 2.54. The number of amides is 1. The van der Waals surface area contributed by atoms with Crippen molar-refractivity contribution in [1.82, 2.24) is 30.1 Å². The average Bonchev–Trinajstić information content (AvgIpc) is 3.19. The van der Waals surface area contributed by atoms with Crippen LogP contribution in [0, 0.1) is 12.7 Å². The SMILES string of the molecule is Cc1cc(CNC(=O)Cn2cc(COc3ccc(F)cc3)nn2)nn1C. The van der Waals surface area contributed by atoms with E-state index >= 15 is 0 Å². The van der Waals surface area contributed by atoms with Gasteiger partial charge in [-0.25, -0.2) is 9.07 Å². The van der Waals surface area contributed by atoms with Crippen LogP contribution in [-0.2, 0) is 31.5 Å². The van der Waals surface area contributed by atoms with Gasteiger partial charge in [0.1, 0.15) is 30.4 Å². The van der Waals surface area contributed by atoms with E-state index in [1.807, 2.05) is 20.0 Å². The van der Waals surface area contributed by atoms with Crippen molar-refractivity contribution in [3.63, 3.8) is 0 Å². The first kappa shape index (κ1) is 17.6. The van der Waals surface area contributed by atoms with Gasteiger partial charge in [0.05, 0.1) is 18.4 Å². The fourth-order valence-electron chi connectivity index (χ4n) is 2.28. The van der Waals surface area contributed by atoms with Crippen molar-refractivity contribution in [2.75, 3.05) is 0 Å². The lowest BCUT2D eigenvalue weighted by Crippen LogP contribution is -2.27. The molecule has 0 radical (unpaired) electrons. The maximum Gasteiger partial charge on any atom is 0.242 e. The van der Waals surface area contributed by atoms with E-state index in [2.05, 4.69) is 20.7 Å². The van der Waals surface area contributed by atoms with Crippen LogP contribution in [0.4, 0.5) is 4.39 Å². The van der Waals surface area contributed by atoms with Gasteiger partial charge < -0.3 is 10.1 Å². The predicted octanol–water partition coefficient (Wildman–Crippen LogP) is 1.35. The van der Waals surface area contributed by atoms with Crippen molar-refractivity contribution in [3.05, 3.63) is 59.4 Å². The van der Waals surface area contributed by atoms with Crippen LogP contribution in [0.3, 0.4) is 0 Å². The molecular weight excluding hydrogens is 339 g/mol. The van der Waals surface area contributed by atoms with Gasteiger partial charge in [-0.2, -0.15) is 5.10 Å². The molecule has 1 amide bonds. The Hall–Kier alpha value is -3.23. The van der Waals surface area contributed by atoms with E-state index in [9.17, 15) is 9.18 Å². The Labute approximate surface area is 149 Å². The van der Waals surface area contributed by atoms with Crippen LogP contribution in [0.5, 0.6) is 5.75 Å². The summed E-state index contributed by atoms with van der Waals surface area (Å²) in [5, 5.41) is 14.9. The number of nitrogens with zero attached hydrogens (tertiary/aromatic N) is 5. The minimum absolute atomic E-state index is 0.0510. The number of benzene rings is 1. The second-order valence-corrected chi connectivity index (χ2v) is 5.83. The third-order valence-corrected chi connectivity index (χ3v) is 3.72. The normalized spacial score (nSPS) is 10.7. The van der Waals surface area contributed by atoms with Gasteiger partial charge in [0.15, 0.2) is 0 Å². The largest absolute Gasteiger partial charge is 0.487 e. The van der Waals surface area contributed by atoms with Gasteiger partial charge in [0.2, 0.25) is 5.91 Å². The molecule has 3 rings (SSSR count). The zero-order chi connectivity index (χ0) is 18.5. The summed E-state index contributed by atoms with van der Waals surface area (Å²) in [5.41, 5.74) is 2.39. The Balaban J connectivity index is 1.46. The summed E-state index contributed by atoms with van der Waals surface area (Å²) < 4.78 is 21.5. The number of aromatic nitrogens is 5. The van der Waals surface area contributed by atoms with Crippen molar-refractivity contribution < 1.29 is 13.9 Å². The maximum atomic E-state index is 12.8. The number of rotatable bonds is 7. The minimum Gasteiger partial charge on any atom is -0.487 e. The summed E-state index contributed by atoms with van der Waals surface area (Å²) in [6.07, 6.45) is 1.63. The molecule has 0 spiro atoms. The molecule has 0 saturated carbocycles. The van der Waals surface area contributed by atoms with Crippen LogP contribution in [0.1, 0.15) is 17.1 Å². The highest BCUT2D eigenvalue weighted by Crippen LogP contribution is 2.12. The third-order valence-electron chi connectivity index (χ3n) is 3.72. The lowest BCUT2D eigenvalue weighted by Gasteiger charge is -2.03. The second-order valence-electron chi connectivity index (χ2n) is 5.83. The minimum atomic E-state index is -0.324. The van der Waals surface area contributed by atoms with E-state index in [1.165, 1.54) is 28.9 Å². The van der Waals surface area contributed by atoms with E-state index in [1.54, 1.807) is 10.9 Å². The van der Waals surface area contributed by atoms with Gasteiger partial charge in [0, 0.05) is 12.7 Å². The summed E-state index contributed by atoms with van der Waals surface area (Å²) >= 11 is 0. The van der Waals surface area contributed by atoms with E-state index in [4.69, 9.17) is 4.74 Å². The first-order valence-corrected chi connectivity index (χ1v) is 8.03. The van der Waals surface area contributed by atoms with Crippen molar-refractivity contribution in [2.45, 2.75) is 26.6 Å². The van der Waals surface area contributed by atoms with Crippen molar-refractivity contribution >= 4 is 5.91 Å². The number of aryl methyl sites for hydroxylation is 2. The number of carbonyl (C=O) groups is 1. The Kier molecular flexibility index (Phi) is 5.26. The lowest BCUT2D eigenvalue weighted by molar-refractivity contribution is -0.122. The van der Waals surface area contributed by atoms with Gasteiger partial charge in [-0.3, -0.25) is 9.48 Å². The number of hydrogen-bond acceptors (Lipinski definition) is 5. The molecule has 1 N–H and O–H groups in total. The first-order chi connectivity index (χ1) is 12.5. The monoisotopic (exact) mass is 358 g/mol. The van der Waals surface area contributed by atoms with Gasteiger partial charge in [0.25, 0.3) is 0 Å². The molecule has 8 nitrogen and oxygen atoms in total. The highest BCUT2D eigenvalue weighted by atomic mass is 19.1. The second kappa shape index (κ2) is 7.77. The predicted molar refractivity (Wildman–Crippen MR) is 90.5 cm³/mol. The van der Waals surface area contributed by atoms with Crippen LogP contribution in [0.2, 0.25) is 0 Å². The average molecular weight is 358 g/mol. The Morgan fingerprint density at radius 3 is 2.73 bits per heavy atom. The zero-order valence-electron chi connectivity index (χ0n) is 14.5. The summed E-state index contributed by atoms with van der Waals surface area (Å²) in [6, 6.07) is 7.62. The summed E-state index contributed by atoms with van der Waals surface area (Å²) in [4.78, 5) is 12.0. The molecule has 2 heterocycles.